The van der Waals surface area contributed by atoms with Crippen LogP contribution >= 0.6 is 11.3 Å². The summed E-state index contributed by atoms with van der Waals surface area (Å²) in [5.41, 5.74) is 2.28. The minimum absolute atomic E-state index is 0.761. The molecule has 0 bridgehead atoms. The molecule has 0 aliphatic heterocycles. The first-order valence-corrected chi connectivity index (χ1v) is 5.81. The average molecular weight is 232 g/mol. The molecular formula is C12H12N2OS. The van der Waals surface area contributed by atoms with Gasteiger partial charge < -0.3 is 4.90 Å². The molecular weight excluding hydrogens is 220 g/mol. The normalized spacial score (nSPS) is 10.1. The number of hydrogen-bond donors (Lipinski definition) is 0. The summed E-state index contributed by atoms with van der Waals surface area (Å²) >= 11 is 1.47. The zero-order chi connectivity index (χ0) is 11.4. The highest BCUT2D eigenvalue weighted by atomic mass is 32.1. The zero-order valence-electron chi connectivity index (χ0n) is 8.96. The molecule has 0 spiro atoms. The molecule has 0 aromatic carbocycles. The van der Waals surface area contributed by atoms with Crippen LogP contribution in [0.1, 0.15) is 15.2 Å². The maximum Gasteiger partial charge on any atom is 0.160 e. The van der Waals surface area contributed by atoms with Crippen LogP contribution in [-0.4, -0.2) is 18.3 Å². The van der Waals surface area contributed by atoms with Crippen molar-refractivity contribution < 1.29 is 4.79 Å². The minimum atomic E-state index is 0.761. The fourth-order valence-electron chi connectivity index (χ4n) is 1.46. The van der Waals surface area contributed by atoms with Gasteiger partial charge in [-0.2, -0.15) is 0 Å². The third-order valence-electron chi connectivity index (χ3n) is 2.33. The van der Waals surface area contributed by atoms with Crippen LogP contribution in [0.15, 0.2) is 36.0 Å². The first-order chi connectivity index (χ1) is 7.79. The van der Waals surface area contributed by atoms with Crippen molar-refractivity contribution in [1.82, 2.24) is 4.98 Å². The molecule has 0 saturated carbocycles. The third-order valence-corrected chi connectivity index (χ3v) is 3.18. The predicted molar refractivity (Wildman–Crippen MR) is 66.1 cm³/mol. The van der Waals surface area contributed by atoms with Crippen LogP contribution in [0.3, 0.4) is 0 Å². The van der Waals surface area contributed by atoms with Crippen molar-refractivity contribution >= 4 is 23.3 Å². The maximum absolute atomic E-state index is 10.6. The van der Waals surface area contributed by atoms with E-state index in [1.54, 1.807) is 12.4 Å². The Hall–Kier alpha value is -1.68. The van der Waals surface area contributed by atoms with Crippen molar-refractivity contribution in [2.75, 3.05) is 11.9 Å². The van der Waals surface area contributed by atoms with Gasteiger partial charge in [-0.15, -0.1) is 11.3 Å². The van der Waals surface area contributed by atoms with Gasteiger partial charge in [-0.05, 0) is 23.8 Å². The second kappa shape index (κ2) is 4.90. The molecule has 0 amide bonds. The Morgan fingerprint density at radius 1 is 1.44 bits per heavy atom. The molecule has 0 fully saturated rings. The largest absolute Gasteiger partial charge is 0.370 e. The summed E-state index contributed by atoms with van der Waals surface area (Å²) in [4.78, 5) is 17.4. The van der Waals surface area contributed by atoms with Crippen LogP contribution in [-0.2, 0) is 6.54 Å². The number of hydrogen-bond acceptors (Lipinski definition) is 4. The number of carbonyl (C=O) groups excluding carboxylic acids is 1. The van der Waals surface area contributed by atoms with E-state index >= 15 is 0 Å². The molecule has 0 unspecified atom stereocenters. The lowest BCUT2D eigenvalue weighted by Crippen LogP contribution is -2.15. The number of pyridine rings is 1. The van der Waals surface area contributed by atoms with Crippen molar-refractivity contribution in [3.05, 3.63) is 46.4 Å². The van der Waals surface area contributed by atoms with Crippen molar-refractivity contribution in [1.29, 1.82) is 0 Å². The SMILES string of the molecule is CN(Cc1ccncc1)c1csc(C=O)c1. The molecule has 0 saturated heterocycles. The van der Waals surface area contributed by atoms with Gasteiger partial charge in [0.1, 0.15) is 0 Å². The quantitative estimate of drug-likeness (QED) is 0.760. The van der Waals surface area contributed by atoms with E-state index in [4.69, 9.17) is 0 Å². The number of anilines is 1. The first-order valence-electron chi connectivity index (χ1n) is 4.93. The molecule has 2 aromatic heterocycles. The fraction of sp³-hybridized carbons (Fsp3) is 0.167. The topological polar surface area (TPSA) is 33.2 Å². The molecule has 82 valence electrons. The number of aldehydes is 1. The number of rotatable bonds is 4. The third kappa shape index (κ3) is 2.46. The highest BCUT2D eigenvalue weighted by molar-refractivity contribution is 7.12. The van der Waals surface area contributed by atoms with Gasteiger partial charge in [0, 0.05) is 37.1 Å². The summed E-state index contributed by atoms with van der Waals surface area (Å²) in [6.45, 7) is 0.817. The molecule has 2 rings (SSSR count). The fourth-order valence-corrected chi connectivity index (χ4v) is 2.21. The summed E-state index contributed by atoms with van der Waals surface area (Å²) in [6.07, 6.45) is 4.45. The lowest BCUT2D eigenvalue weighted by molar-refractivity contribution is 0.112. The Bertz CT molecular complexity index is 467. The Morgan fingerprint density at radius 3 is 2.81 bits per heavy atom. The summed E-state index contributed by atoms with van der Waals surface area (Å²) < 4.78 is 0. The van der Waals surface area contributed by atoms with Gasteiger partial charge in [0.05, 0.1) is 4.88 Å². The van der Waals surface area contributed by atoms with Crippen LogP contribution in [0.25, 0.3) is 0 Å². The number of aromatic nitrogens is 1. The molecule has 4 heteroatoms. The maximum atomic E-state index is 10.6. The van der Waals surface area contributed by atoms with E-state index in [2.05, 4.69) is 9.88 Å². The summed E-state index contributed by atoms with van der Waals surface area (Å²) in [6, 6.07) is 5.88. The molecule has 2 aromatic rings. The monoisotopic (exact) mass is 232 g/mol. The highest BCUT2D eigenvalue weighted by Crippen LogP contribution is 2.22. The molecule has 16 heavy (non-hydrogen) atoms. The van der Waals surface area contributed by atoms with E-state index in [1.165, 1.54) is 16.9 Å². The highest BCUT2D eigenvalue weighted by Gasteiger charge is 2.04. The van der Waals surface area contributed by atoms with Gasteiger partial charge >= 0.3 is 0 Å². The lowest BCUT2D eigenvalue weighted by atomic mass is 10.2. The van der Waals surface area contributed by atoms with Crippen LogP contribution in [0.5, 0.6) is 0 Å². The lowest BCUT2D eigenvalue weighted by Gasteiger charge is -2.17. The number of thiophene rings is 1. The van der Waals surface area contributed by atoms with Gasteiger partial charge in [0.15, 0.2) is 6.29 Å². The predicted octanol–water partition coefficient (Wildman–Crippen LogP) is 2.59. The van der Waals surface area contributed by atoms with Crippen LogP contribution in [0, 0.1) is 0 Å². The minimum Gasteiger partial charge on any atom is -0.370 e. The van der Waals surface area contributed by atoms with E-state index in [0.717, 1.165) is 23.4 Å². The standard InChI is InChI=1S/C12H12N2OS/c1-14(7-10-2-4-13-5-3-10)11-6-12(8-15)16-9-11/h2-6,8-9H,7H2,1H3. The van der Waals surface area contributed by atoms with E-state index in [1.807, 2.05) is 30.6 Å². The molecule has 0 radical (unpaired) electrons. The van der Waals surface area contributed by atoms with Gasteiger partial charge in [-0.3, -0.25) is 9.78 Å². The number of carbonyl (C=O) groups is 1. The van der Waals surface area contributed by atoms with E-state index in [0.29, 0.717) is 0 Å². The summed E-state index contributed by atoms with van der Waals surface area (Å²) in [5.74, 6) is 0. The van der Waals surface area contributed by atoms with Crippen LogP contribution < -0.4 is 4.90 Å². The Labute approximate surface area is 98.4 Å². The van der Waals surface area contributed by atoms with Crippen molar-refractivity contribution in [2.24, 2.45) is 0 Å². The van der Waals surface area contributed by atoms with Crippen molar-refractivity contribution in [2.45, 2.75) is 6.54 Å². The van der Waals surface area contributed by atoms with E-state index < -0.39 is 0 Å². The molecule has 2 heterocycles. The Balaban J connectivity index is 2.08. The Kier molecular flexibility index (Phi) is 3.31. The summed E-state index contributed by atoms with van der Waals surface area (Å²) in [7, 11) is 2.01. The molecule has 0 aliphatic rings. The van der Waals surface area contributed by atoms with Crippen LogP contribution in [0.4, 0.5) is 5.69 Å². The molecule has 0 atom stereocenters. The van der Waals surface area contributed by atoms with Crippen molar-refractivity contribution in [3.8, 4) is 0 Å². The second-order valence-electron chi connectivity index (χ2n) is 3.54. The smallest absolute Gasteiger partial charge is 0.160 e. The molecule has 3 nitrogen and oxygen atoms in total. The van der Waals surface area contributed by atoms with Gasteiger partial charge in [-0.1, -0.05) is 0 Å². The van der Waals surface area contributed by atoms with Gasteiger partial charge in [0.25, 0.3) is 0 Å². The average Bonchev–Trinajstić information content (AvgIpc) is 2.79. The van der Waals surface area contributed by atoms with Crippen molar-refractivity contribution in [3.63, 3.8) is 0 Å². The van der Waals surface area contributed by atoms with E-state index in [-0.39, 0.29) is 0 Å². The van der Waals surface area contributed by atoms with Crippen LogP contribution in [0.2, 0.25) is 0 Å². The molecule has 0 N–H and O–H groups in total. The van der Waals surface area contributed by atoms with Gasteiger partial charge in [-0.25, -0.2) is 0 Å². The number of nitrogens with zero attached hydrogens (tertiary/aromatic N) is 2. The zero-order valence-corrected chi connectivity index (χ0v) is 9.78. The van der Waals surface area contributed by atoms with Gasteiger partial charge in [0.2, 0.25) is 0 Å². The Morgan fingerprint density at radius 2 is 2.19 bits per heavy atom. The second-order valence-corrected chi connectivity index (χ2v) is 4.48. The first kappa shape index (κ1) is 10.8. The van der Waals surface area contributed by atoms with E-state index in [9.17, 15) is 4.79 Å². The molecule has 0 aliphatic carbocycles. The summed E-state index contributed by atoms with van der Waals surface area (Å²) in [5, 5.41) is 1.99.